The first kappa shape index (κ1) is 28.5. The first-order valence-corrected chi connectivity index (χ1v) is 13.7. The number of fused-ring (bicyclic) bond motifs is 1. The number of carboxylic acid groups (broad SMARTS) is 1. The van der Waals surface area contributed by atoms with Crippen LogP contribution in [0.3, 0.4) is 0 Å². The number of aromatic nitrogens is 1. The summed E-state index contributed by atoms with van der Waals surface area (Å²) in [6.07, 6.45) is 3.99. The molecule has 0 fully saturated rings. The molecule has 0 unspecified atom stereocenters. The lowest BCUT2D eigenvalue weighted by Gasteiger charge is -2.20. The summed E-state index contributed by atoms with van der Waals surface area (Å²) in [5.41, 5.74) is 4.88. The van der Waals surface area contributed by atoms with Crippen molar-refractivity contribution in [1.82, 2.24) is 10.3 Å². The second kappa shape index (κ2) is 12.7. The fourth-order valence-electron chi connectivity index (χ4n) is 4.96. The number of ether oxygens (including phenoxy) is 2. The van der Waals surface area contributed by atoms with Crippen molar-refractivity contribution in [2.45, 2.75) is 45.1 Å². The van der Waals surface area contributed by atoms with Crippen molar-refractivity contribution in [3.05, 3.63) is 112 Å². The van der Waals surface area contributed by atoms with Crippen LogP contribution in [0.15, 0.2) is 73.1 Å². The van der Waals surface area contributed by atoms with Gasteiger partial charge in [0.1, 0.15) is 30.0 Å². The molecule has 1 aromatic heterocycles. The van der Waals surface area contributed by atoms with Gasteiger partial charge >= 0.3 is 5.97 Å². The molecule has 1 heterocycles. The molecule has 0 amide bonds. The Morgan fingerprint density at radius 3 is 2.71 bits per heavy atom. The summed E-state index contributed by atoms with van der Waals surface area (Å²) in [5.74, 6) is -0.397. The normalized spacial score (nSPS) is 14.9. The molecule has 0 bridgehead atoms. The van der Waals surface area contributed by atoms with Crippen LogP contribution in [0, 0.1) is 5.82 Å². The monoisotopic (exact) mass is 576 g/mol. The van der Waals surface area contributed by atoms with Crippen LogP contribution in [0.5, 0.6) is 11.5 Å². The van der Waals surface area contributed by atoms with E-state index < -0.39 is 5.97 Å². The molecular formula is C32H30ClFN2O5. The highest BCUT2D eigenvalue weighted by molar-refractivity contribution is 6.32. The second-order valence-electron chi connectivity index (χ2n) is 10.0. The molecule has 1 aliphatic carbocycles. The molecule has 0 spiro atoms. The number of nitrogens with one attached hydrogen (secondary N) is 1. The highest BCUT2D eigenvalue weighted by atomic mass is 35.5. The summed E-state index contributed by atoms with van der Waals surface area (Å²) >= 11 is 6.69. The minimum Gasteiger partial charge on any atom is -0.488 e. The molecule has 0 radical (unpaired) electrons. The van der Waals surface area contributed by atoms with E-state index in [0.717, 1.165) is 28.7 Å². The van der Waals surface area contributed by atoms with Gasteiger partial charge in [0.25, 0.3) is 0 Å². The number of hydrogen-bond acceptors (Lipinski definition) is 6. The molecule has 0 aliphatic heterocycles. The van der Waals surface area contributed by atoms with Crippen LogP contribution in [-0.4, -0.2) is 33.8 Å². The van der Waals surface area contributed by atoms with E-state index >= 15 is 0 Å². The Labute approximate surface area is 242 Å². The summed E-state index contributed by atoms with van der Waals surface area (Å²) < 4.78 is 27.2. The standard InChI is InChI=1S/C32H30ClFN2O5/c1-19(17-37)36-16-21-12-27(33)31(13-30(21)40-18-20-11-22(32(38)39)15-35-14-20)41-29-10-9-24-23(6-4-7-26(24)29)25-5-2-3-8-28(25)34/h2-8,11-15,19,29,36-37H,9-10,16-18H2,1H3,(H,38,39)/t19-,29+/m1/s1. The topological polar surface area (TPSA) is 101 Å². The van der Waals surface area contributed by atoms with E-state index in [9.17, 15) is 19.4 Å². The molecule has 7 nitrogen and oxygen atoms in total. The van der Waals surface area contributed by atoms with Crippen LogP contribution in [-0.2, 0) is 19.6 Å². The van der Waals surface area contributed by atoms with Crippen molar-refractivity contribution >= 4 is 17.6 Å². The van der Waals surface area contributed by atoms with E-state index in [2.05, 4.69) is 10.3 Å². The summed E-state index contributed by atoms with van der Waals surface area (Å²) in [4.78, 5) is 15.3. The SMILES string of the molecule is C[C@H](CO)NCc1cc(Cl)c(O[C@H]2CCc3c(-c4ccccc4F)cccc32)cc1OCc1cncc(C(=O)O)c1. The zero-order valence-electron chi connectivity index (χ0n) is 22.4. The molecule has 0 saturated carbocycles. The Balaban J connectivity index is 1.42. The maximum atomic E-state index is 14.6. The molecule has 9 heteroatoms. The first-order valence-electron chi connectivity index (χ1n) is 13.3. The number of rotatable bonds is 11. The van der Waals surface area contributed by atoms with Crippen LogP contribution in [0.1, 0.15) is 52.1 Å². The third kappa shape index (κ3) is 6.51. The molecule has 2 atom stereocenters. The summed E-state index contributed by atoms with van der Waals surface area (Å²) in [7, 11) is 0. The summed E-state index contributed by atoms with van der Waals surface area (Å²) in [6, 6.07) is 17.5. The van der Waals surface area contributed by atoms with Gasteiger partial charge < -0.3 is 25.0 Å². The number of aliphatic hydroxyl groups excluding tert-OH is 1. The maximum absolute atomic E-state index is 14.6. The first-order chi connectivity index (χ1) is 19.8. The predicted octanol–water partition coefficient (Wildman–Crippen LogP) is 6.36. The largest absolute Gasteiger partial charge is 0.488 e. The van der Waals surface area contributed by atoms with E-state index in [1.54, 1.807) is 30.5 Å². The molecule has 4 aromatic rings. The van der Waals surface area contributed by atoms with Gasteiger partial charge in [-0.25, -0.2) is 9.18 Å². The molecule has 1 aliphatic rings. The summed E-state index contributed by atoms with van der Waals surface area (Å²) in [6.45, 7) is 2.28. The minimum atomic E-state index is -1.07. The number of hydrogen-bond donors (Lipinski definition) is 3. The highest BCUT2D eigenvalue weighted by Gasteiger charge is 2.28. The van der Waals surface area contributed by atoms with E-state index in [0.29, 0.717) is 40.6 Å². The fraction of sp³-hybridized carbons (Fsp3) is 0.250. The lowest BCUT2D eigenvalue weighted by atomic mass is 9.96. The average molecular weight is 577 g/mol. The zero-order chi connectivity index (χ0) is 28.9. The van der Waals surface area contributed by atoms with Crippen LogP contribution in [0.25, 0.3) is 11.1 Å². The van der Waals surface area contributed by atoms with E-state index in [-0.39, 0.29) is 36.7 Å². The van der Waals surface area contributed by atoms with Crippen LogP contribution in [0.4, 0.5) is 4.39 Å². The number of nitrogens with zero attached hydrogens (tertiary/aromatic N) is 1. The number of aromatic carboxylic acids is 1. The molecular weight excluding hydrogens is 547 g/mol. The van der Waals surface area contributed by atoms with E-state index in [4.69, 9.17) is 21.1 Å². The Morgan fingerprint density at radius 1 is 1.12 bits per heavy atom. The van der Waals surface area contributed by atoms with Crippen LogP contribution >= 0.6 is 11.6 Å². The number of carboxylic acids is 1. The van der Waals surface area contributed by atoms with Gasteiger partial charge in [-0.1, -0.05) is 48.0 Å². The molecule has 41 heavy (non-hydrogen) atoms. The van der Waals surface area contributed by atoms with Crippen LogP contribution < -0.4 is 14.8 Å². The van der Waals surface area contributed by atoms with Crippen molar-refractivity contribution in [3.63, 3.8) is 0 Å². The van der Waals surface area contributed by atoms with Gasteiger partial charge in [-0.2, -0.15) is 0 Å². The maximum Gasteiger partial charge on any atom is 0.337 e. The van der Waals surface area contributed by atoms with Gasteiger partial charge in [0.05, 0.1) is 17.2 Å². The van der Waals surface area contributed by atoms with E-state index in [1.807, 2.05) is 31.2 Å². The predicted molar refractivity (Wildman–Crippen MR) is 154 cm³/mol. The lowest BCUT2D eigenvalue weighted by Crippen LogP contribution is -2.28. The number of aliphatic hydroxyl groups is 1. The zero-order valence-corrected chi connectivity index (χ0v) is 23.2. The Morgan fingerprint density at radius 2 is 1.93 bits per heavy atom. The van der Waals surface area contributed by atoms with Crippen LogP contribution in [0.2, 0.25) is 5.02 Å². The summed E-state index contributed by atoms with van der Waals surface area (Å²) in [5, 5.41) is 22.3. The van der Waals surface area contributed by atoms with Crippen molar-refractivity contribution in [3.8, 4) is 22.6 Å². The van der Waals surface area contributed by atoms with E-state index in [1.165, 1.54) is 18.3 Å². The van der Waals surface area contributed by atoms with Crippen molar-refractivity contribution < 1.29 is 28.9 Å². The minimum absolute atomic E-state index is 0.0330. The Kier molecular flexibility index (Phi) is 8.83. The number of benzene rings is 3. The number of carbonyl (C=O) groups is 1. The van der Waals surface area contributed by atoms with Crippen molar-refractivity contribution in [2.24, 2.45) is 0 Å². The van der Waals surface area contributed by atoms with Gasteiger partial charge in [0.15, 0.2) is 0 Å². The molecule has 5 rings (SSSR count). The van der Waals surface area contributed by atoms with Gasteiger partial charge in [0, 0.05) is 47.7 Å². The molecule has 3 N–H and O–H groups in total. The third-order valence-electron chi connectivity index (χ3n) is 7.11. The number of halogens is 2. The van der Waals surface area contributed by atoms with Gasteiger partial charge in [0.2, 0.25) is 0 Å². The number of pyridine rings is 1. The quantitative estimate of drug-likeness (QED) is 0.191. The molecule has 212 valence electrons. The van der Waals surface area contributed by atoms with Gasteiger partial charge in [-0.05, 0) is 54.7 Å². The highest BCUT2D eigenvalue weighted by Crippen LogP contribution is 2.43. The van der Waals surface area contributed by atoms with Gasteiger partial charge in [-0.3, -0.25) is 4.98 Å². The van der Waals surface area contributed by atoms with Crippen molar-refractivity contribution in [2.75, 3.05) is 6.61 Å². The average Bonchev–Trinajstić information content (AvgIpc) is 3.39. The Bertz CT molecular complexity index is 1560. The smallest absolute Gasteiger partial charge is 0.337 e. The molecule has 0 saturated heterocycles. The Hall–Kier alpha value is -3.98. The van der Waals surface area contributed by atoms with Gasteiger partial charge in [-0.15, -0.1) is 0 Å². The third-order valence-corrected chi connectivity index (χ3v) is 7.41. The molecule has 3 aromatic carbocycles. The second-order valence-corrected chi connectivity index (χ2v) is 10.4. The fourth-order valence-corrected chi connectivity index (χ4v) is 5.19. The van der Waals surface area contributed by atoms with Crippen molar-refractivity contribution in [1.29, 1.82) is 0 Å². The lowest BCUT2D eigenvalue weighted by molar-refractivity contribution is 0.0696.